The largest absolute Gasteiger partial charge is 0.486 e. The maximum absolute atomic E-state index is 13.4. The molecule has 0 N–H and O–H groups in total. The lowest BCUT2D eigenvalue weighted by Gasteiger charge is -2.06. The van der Waals surface area contributed by atoms with Crippen molar-refractivity contribution in [3.63, 3.8) is 0 Å². The third-order valence-corrected chi connectivity index (χ3v) is 3.48. The molecule has 0 fully saturated rings. The molecule has 19 heavy (non-hydrogen) atoms. The van der Waals surface area contributed by atoms with Gasteiger partial charge in [-0.3, -0.25) is 0 Å². The summed E-state index contributed by atoms with van der Waals surface area (Å²) < 4.78 is 18.8. The molecule has 1 heterocycles. The summed E-state index contributed by atoms with van der Waals surface area (Å²) in [5.74, 6) is -0.308. The van der Waals surface area contributed by atoms with Crippen molar-refractivity contribution in [3.05, 3.63) is 45.7 Å². The maximum atomic E-state index is 13.4. The monoisotopic (exact) mass is 276 g/mol. The summed E-state index contributed by atoms with van der Waals surface area (Å²) in [6.45, 7) is 2.35. The maximum Gasteiger partial charge on any atom is 0.144 e. The van der Waals surface area contributed by atoms with E-state index in [2.05, 4.69) is 11.9 Å². The van der Waals surface area contributed by atoms with Gasteiger partial charge >= 0.3 is 0 Å². The molecule has 98 valence electrons. The zero-order valence-corrected chi connectivity index (χ0v) is 11.3. The number of aryl methyl sites for hydroxylation is 1. The Hall–Kier alpha value is -1.93. The van der Waals surface area contributed by atoms with Crippen molar-refractivity contribution in [2.45, 2.75) is 26.4 Å². The number of hydrogen-bond acceptors (Lipinski definition) is 4. The van der Waals surface area contributed by atoms with Gasteiger partial charge in [0, 0.05) is 5.38 Å². The molecule has 5 heteroatoms. The van der Waals surface area contributed by atoms with E-state index in [9.17, 15) is 4.39 Å². The van der Waals surface area contributed by atoms with Crippen LogP contribution in [0.1, 0.15) is 29.6 Å². The minimum absolute atomic E-state index is 0.0634. The number of ether oxygens (including phenoxy) is 1. The quantitative estimate of drug-likeness (QED) is 0.836. The number of nitrogens with zero attached hydrogens (tertiary/aromatic N) is 2. The van der Waals surface area contributed by atoms with Gasteiger partial charge in [-0.25, -0.2) is 9.37 Å². The first-order valence-electron chi connectivity index (χ1n) is 5.99. The Morgan fingerprint density at radius 1 is 1.47 bits per heavy atom. The van der Waals surface area contributed by atoms with E-state index in [1.807, 2.05) is 11.4 Å². The highest BCUT2D eigenvalue weighted by Crippen LogP contribution is 2.22. The average molecular weight is 276 g/mol. The zero-order valence-electron chi connectivity index (χ0n) is 10.5. The summed E-state index contributed by atoms with van der Waals surface area (Å²) in [6, 6.07) is 6.16. The first-order chi connectivity index (χ1) is 9.24. The SMILES string of the molecule is CCCc1nc(COc2cccc(F)c2C#N)cs1. The van der Waals surface area contributed by atoms with E-state index in [1.54, 1.807) is 17.4 Å². The van der Waals surface area contributed by atoms with Crippen LogP contribution >= 0.6 is 11.3 Å². The molecular formula is C14H13FN2OS. The standard InChI is InChI=1S/C14H13FN2OS/c1-2-4-14-17-10(9-19-14)8-18-13-6-3-5-12(15)11(13)7-16/h3,5-6,9H,2,4,8H2,1H3. The van der Waals surface area contributed by atoms with Gasteiger partial charge in [0.25, 0.3) is 0 Å². The van der Waals surface area contributed by atoms with Crippen LogP contribution in [-0.2, 0) is 13.0 Å². The Balaban J connectivity index is 2.06. The van der Waals surface area contributed by atoms with Crippen LogP contribution in [0.2, 0.25) is 0 Å². The van der Waals surface area contributed by atoms with Gasteiger partial charge < -0.3 is 4.74 Å². The third-order valence-electron chi connectivity index (χ3n) is 2.53. The minimum atomic E-state index is -0.565. The second kappa shape index (κ2) is 6.30. The number of aromatic nitrogens is 1. The van der Waals surface area contributed by atoms with E-state index < -0.39 is 5.82 Å². The fourth-order valence-electron chi connectivity index (χ4n) is 1.63. The predicted molar refractivity (Wildman–Crippen MR) is 71.6 cm³/mol. The number of benzene rings is 1. The summed E-state index contributed by atoms with van der Waals surface area (Å²) in [5.41, 5.74) is 0.744. The summed E-state index contributed by atoms with van der Waals surface area (Å²) in [6.07, 6.45) is 2.00. The Morgan fingerprint density at radius 2 is 2.32 bits per heavy atom. The normalized spacial score (nSPS) is 10.2. The van der Waals surface area contributed by atoms with E-state index in [-0.39, 0.29) is 17.9 Å². The van der Waals surface area contributed by atoms with Crippen LogP contribution in [0.3, 0.4) is 0 Å². The molecule has 3 nitrogen and oxygen atoms in total. The Kier molecular flexibility index (Phi) is 4.48. The second-order valence-corrected chi connectivity index (χ2v) is 4.94. The summed E-state index contributed by atoms with van der Waals surface area (Å²) >= 11 is 1.59. The molecule has 0 amide bonds. The van der Waals surface area contributed by atoms with Gasteiger partial charge in [-0.2, -0.15) is 5.26 Å². The molecule has 0 unspecified atom stereocenters. The zero-order chi connectivity index (χ0) is 13.7. The highest BCUT2D eigenvalue weighted by molar-refractivity contribution is 7.09. The smallest absolute Gasteiger partial charge is 0.144 e. The third kappa shape index (κ3) is 3.30. The van der Waals surface area contributed by atoms with Gasteiger partial charge in [0.15, 0.2) is 0 Å². The molecule has 2 rings (SSSR count). The first-order valence-corrected chi connectivity index (χ1v) is 6.87. The number of rotatable bonds is 5. The highest BCUT2D eigenvalue weighted by Gasteiger charge is 2.09. The van der Waals surface area contributed by atoms with Crippen LogP contribution in [0, 0.1) is 17.1 Å². The topological polar surface area (TPSA) is 45.9 Å². The van der Waals surface area contributed by atoms with E-state index in [0.29, 0.717) is 0 Å². The molecule has 0 saturated heterocycles. The molecule has 0 atom stereocenters. The Morgan fingerprint density at radius 3 is 3.05 bits per heavy atom. The predicted octanol–water partition coefficient (Wildman–Crippen LogP) is 3.69. The van der Waals surface area contributed by atoms with Crippen molar-refractivity contribution in [2.75, 3.05) is 0 Å². The van der Waals surface area contributed by atoms with Gasteiger partial charge in [-0.05, 0) is 25.0 Å². The van der Waals surface area contributed by atoms with Crippen molar-refractivity contribution in [3.8, 4) is 11.8 Å². The summed E-state index contributed by atoms with van der Waals surface area (Å²) in [4.78, 5) is 4.41. The number of hydrogen-bond donors (Lipinski definition) is 0. The molecular weight excluding hydrogens is 263 g/mol. The van der Waals surface area contributed by atoms with Crippen molar-refractivity contribution in [1.82, 2.24) is 4.98 Å². The van der Waals surface area contributed by atoms with Crippen LogP contribution < -0.4 is 4.74 Å². The van der Waals surface area contributed by atoms with Crippen LogP contribution in [0.25, 0.3) is 0 Å². The van der Waals surface area contributed by atoms with E-state index in [4.69, 9.17) is 10.00 Å². The fraction of sp³-hybridized carbons (Fsp3) is 0.286. The Bertz CT molecular complexity index is 604. The molecule has 0 saturated carbocycles. The number of nitriles is 1. The lowest BCUT2D eigenvalue weighted by molar-refractivity contribution is 0.299. The van der Waals surface area contributed by atoms with E-state index in [0.717, 1.165) is 23.5 Å². The molecule has 0 radical (unpaired) electrons. The van der Waals surface area contributed by atoms with Crippen LogP contribution in [-0.4, -0.2) is 4.98 Å². The van der Waals surface area contributed by atoms with Crippen molar-refractivity contribution in [2.24, 2.45) is 0 Å². The molecule has 0 aliphatic rings. The summed E-state index contributed by atoms with van der Waals surface area (Å²) in [5, 5.41) is 11.9. The van der Waals surface area contributed by atoms with E-state index >= 15 is 0 Å². The van der Waals surface area contributed by atoms with Gasteiger partial charge in [0.05, 0.1) is 10.7 Å². The van der Waals surface area contributed by atoms with Gasteiger partial charge in [-0.15, -0.1) is 11.3 Å². The summed E-state index contributed by atoms with van der Waals surface area (Å²) in [7, 11) is 0. The van der Waals surface area contributed by atoms with E-state index in [1.165, 1.54) is 12.1 Å². The highest BCUT2D eigenvalue weighted by atomic mass is 32.1. The lowest BCUT2D eigenvalue weighted by atomic mass is 10.2. The van der Waals surface area contributed by atoms with Gasteiger partial charge in [0.2, 0.25) is 0 Å². The number of thiazole rings is 1. The van der Waals surface area contributed by atoms with Crippen LogP contribution in [0.15, 0.2) is 23.6 Å². The van der Waals surface area contributed by atoms with Gasteiger partial charge in [0.1, 0.15) is 29.8 Å². The van der Waals surface area contributed by atoms with Crippen LogP contribution in [0.5, 0.6) is 5.75 Å². The molecule has 0 aliphatic carbocycles. The minimum Gasteiger partial charge on any atom is -0.486 e. The van der Waals surface area contributed by atoms with Crippen LogP contribution in [0.4, 0.5) is 4.39 Å². The first kappa shape index (κ1) is 13.5. The van der Waals surface area contributed by atoms with Crippen molar-refractivity contribution < 1.29 is 9.13 Å². The number of halogens is 1. The van der Waals surface area contributed by atoms with Crippen molar-refractivity contribution >= 4 is 11.3 Å². The molecule has 1 aromatic carbocycles. The Labute approximate surface area is 115 Å². The average Bonchev–Trinajstić information content (AvgIpc) is 2.84. The molecule has 0 bridgehead atoms. The lowest BCUT2D eigenvalue weighted by Crippen LogP contribution is -1.99. The second-order valence-electron chi connectivity index (χ2n) is 4.00. The molecule has 0 aliphatic heterocycles. The molecule has 1 aromatic heterocycles. The molecule has 0 spiro atoms. The fourth-order valence-corrected chi connectivity index (χ4v) is 2.51. The van der Waals surface area contributed by atoms with Crippen molar-refractivity contribution in [1.29, 1.82) is 5.26 Å². The van der Waals surface area contributed by atoms with Gasteiger partial charge in [-0.1, -0.05) is 13.0 Å². The molecule has 2 aromatic rings.